The summed E-state index contributed by atoms with van der Waals surface area (Å²) < 4.78 is 5.10. The number of nitrogens with one attached hydrogen (secondary N) is 3. The molecule has 0 fully saturated rings. The molecule has 0 aliphatic rings. The van der Waals surface area contributed by atoms with E-state index in [0.717, 1.165) is 17.0 Å². The van der Waals surface area contributed by atoms with Crippen LogP contribution < -0.4 is 20.9 Å². The molecule has 1 unspecified atom stereocenters. The van der Waals surface area contributed by atoms with E-state index in [1.807, 2.05) is 54.6 Å². The normalized spacial score (nSPS) is 11.2. The standard InChI is InChI=1S/C18H21N3O2/c1-13(15-7-5-4-6-8-15)20-21-18(22)14(2)19-16-9-11-17(23-3)12-10-16/h4-12,14,19-20H,1H2,2-3H3,(H,21,22). The number of methoxy groups -OCH3 is 1. The van der Waals surface area contributed by atoms with Gasteiger partial charge in [0.1, 0.15) is 11.8 Å². The van der Waals surface area contributed by atoms with Gasteiger partial charge in [-0.25, -0.2) is 0 Å². The molecule has 5 nitrogen and oxygen atoms in total. The van der Waals surface area contributed by atoms with Crippen molar-refractivity contribution >= 4 is 17.3 Å². The van der Waals surface area contributed by atoms with Gasteiger partial charge in [-0.3, -0.25) is 15.6 Å². The highest BCUT2D eigenvalue weighted by molar-refractivity contribution is 5.84. The lowest BCUT2D eigenvalue weighted by Crippen LogP contribution is -2.44. The number of hydrogen-bond acceptors (Lipinski definition) is 4. The zero-order valence-electron chi connectivity index (χ0n) is 13.3. The fourth-order valence-corrected chi connectivity index (χ4v) is 1.96. The van der Waals surface area contributed by atoms with Crippen molar-refractivity contribution in [3.05, 3.63) is 66.7 Å². The molecule has 0 aromatic heterocycles. The molecule has 5 heteroatoms. The maximum atomic E-state index is 12.1. The van der Waals surface area contributed by atoms with Gasteiger partial charge in [-0.05, 0) is 36.8 Å². The summed E-state index contributed by atoms with van der Waals surface area (Å²) >= 11 is 0. The Morgan fingerprint density at radius 1 is 1.04 bits per heavy atom. The van der Waals surface area contributed by atoms with Crippen molar-refractivity contribution < 1.29 is 9.53 Å². The van der Waals surface area contributed by atoms with Gasteiger partial charge in [-0.2, -0.15) is 0 Å². The fourth-order valence-electron chi connectivity index (χ4n) is 1.96. The van der Waals surface area contributed by atoms with Crippen LogP contribution in [0.4, 0.5) is 5.69 Å². The van der Waals surface area contributed by atoms with Crippen LogP contribution in [0.5, 0.6) is 5.75 Å². The number of benzene rings is 2. The summed E-state index contributed by atoms with van der Waals surface area (Å²) in [5.41, 5.74) is 7.88. The largest absolute Gasteiger partial charge is 0.497 e. The molecule has 1 atom stereocenters. The summed E-state index contributed by atoms with van der Waals surface area (Å²) in [6.45, 7) is 5.68. The van der Waals surface area contributed by atoms with Gasteiger partial charge in [-0.15, -0.1) is 0 Å². The van der Waals surface area contributed by atoms with Gasteiger partial charge in [0.05, 0.1) is 12.8 Å². The Morgan fingerprint density at radius 2 is 1.70 bits per heavy atom. The first-order valence-electron chi connectivity index (χ1n) is 7.31. The van der Waals surface area contributed by atoms with E-state index in [0.29, 0.717) is 5.70 Å². The SMILES string of the molecule is C=C(NNC(=O)C(C)Nc1ccc(OC)cc1)c1ccccc1. The van der Waals surface area contributed by atoms with E-state index < -0.39 is 6.04 Å². The zero-order valence-corrected chi connectivity index (χ0v) is 13.3. The predicted octanol–water partition coefficient (Wildman–Crippen LogP) is 2.79. The Balaban J connectivity index is 1.83. The molecule has 0 heterocycles. The molecule has 0 spiro atoms. The average Bonchev–Trinajstić information content (AvgIpc) is 2.60. The highest BCUT2D eigenvalue weighted by Crippen LogP contribution is 2.15. The second-order valence-corrected chi connectivity index (χ2v) is 5.05. The first-order valence-corrected chi connectivity index (χ1v) is 7.31. The predicted molar refractivity (Wildman–Crippen MR) is 92.8 cm³/mol. The minimum absolute atomic E-state index is 0.183. The fraction of sp³-hybridized carbons (Fsp3) is 0.167. The topological polar surface area (TPSA) is 62.4 Å². The Hall–Kier alpha value is -2.95. The number of carbonyl (C=O) groups excluding carboxylic acids is 1. The molecule has 0 bridgehead atoms. The lowest BCUT2D eigenvalue weighted by Gasteiger charge is -2.17. The van der Waals surface area contributed by atoms with Crippen molar-refractivity contribution in [1.29, 1.82) is 0 Å². The first-order chi connectivity index (χ1) is 11.1. The van der Waals surface area contributed by atoms with E-state index in [9.17, 15) is 4.79 Å². The number of carbonyl (C=O) groups is 1. The summed E-state index contributed by atoms with van der Waals surface area (Å²) in [5.74, 6) is 0.589. The molecule has 23 heavy (non-hydrogen) atoms. The molecular weight excluding hydrogens is 290 g/mol. The molecule has 2 rings (SSSR count). The van der Waals surface area contributed by atoms with Gasteiger partial charge >= 0.3 is 0 Å². The lowest BCUT2D eigenvalue weighted by atomic mass is 10.2. The summed E-state index contributed by atoms with van der Waals surface area (Å²) in [6.07, 6.45) is 0. The molecule has 0 saturated carbocycles. The second kappa shape index (κ2) is 7.89. The average molecular weight is 311 g/mol. The molecule has 120 valence electrons. The zero-order chi connectivity index (χ0) is 16.7. The summed E-state index contributed by atoms with van der Waals surface area (Å²) in [5, 5.41) is 3.12. The van der Waals surface area contributed by atoms with Crippen LogP contribution in [-0.2, 0) is 4.79 Å². The summed E-state index contributed by atoms with van der Waals surface area (Å²) in [4.78, 5) is 12.1. The van der Waals surface area contributed by atoms with Crippen LogP contribution in [0, 0.1) is 0 Å². The van der Waals surface area contributed by atoms with Gasteiger partial charge < -0.3 is 10.1 Å². The first kappa shape index (κ1) is 16.4. The number of hydrogen-bond donors (Lipinski definition) is 3. The van der Waals surface area contributed by atoms with Crippen LogP contribution >= 0.6 is 0 Å². The third-order valence-electron chi connectivity index (χ3n) is 3.33. The van der Waals surface area contributed by atoms with Gasteiger partial charge in [0.2, 0.25) is 0 Å². The molecule has 0 aliphatic carbocycles. The number of ether oxygens (including phenoxy) is 1. The van der Waals surface area contributed by atoms with Crippen LogP contribution in [0.3, 0.4) is 0 Å². The van der Waals surface area contributed by atoms with Crippen molar-refractivity contribution in [2.45, 2.75) is 13.0 Å². The highest BCUT2D eigenvalue weighted by atomic mass is 16.5. The van der Waals surface area contributed by atoms with Crippen LogP contribution in [-0.4, -0.2) is 19.1 Å². The van der Waals surface area contributed by atoms with Crippen LogP contribution in [0.1, 0.15) is 12.5 Å². The van der Waals surface area contributed by atoms with Crippen molar-refractivity contribution in [1.82, 2.24) is 10.9 Å². The smallest absolute Gasteiger partial charge is 0.260 e. The highest BCUT2D eigenvalue weighted by Gasteiger charge is 2.12. The van der Waals surface area contributed by atoms with Gasteiger partial charge in [0.15, 0.2) is 0 Å². The minimum Gasteiger partial charge on any atom is -0.497 e. The third-order valence-corrected chi connectivity index (χ3v) is 3.33. The van der Waals surface area contributed by atoms with E-state index in [1.165, 1.54) is 0 Å². The van der Waals surface area contributed by atoms with Crippen molar-refractivity contribution in [3.63, 3.8) is 0 Å². The van der Waals surface area contributed by atoms with Crippen LogP contribution in [0.15, 0.2) is 61.2 Å². The Bertz CT molecular complexity index is 654. The van der Waals surface area contributed by atoms with Crippen LogP contribution in [0.2, 0.25) is 0 Å². The van der Waals surface area contributed by atoms with E-state index in [1.54, 1.807) is 14.0 Å². The van der Waals surface area contributed by atoms with Crippen molar-refractivity contribution in [2.24, 2.45) is 0 Å². The molecule has 0 aliphatic heterocycles. The molecule has 2 aromatic rings. The van der Waals surface area contributed by atoms with E-state index >= 15 is 0 Å². The van der Waals surface area contributed by atoms with Crippen molar-refractivity contribution in [2.75, 3.05) is 12.4 Å². The maximum Gasteiger partial charge on any atom is 0.260 e. The molecule has 3 N–H and O–H groups in total. The number of amides is 1. The van der Waals surface area contributed by atoms with Crippen LogP contribution in [0.25, 0.3) is 5.70 Å². The lowest BCUT2D eigenvalue weighted by molar-refractivity contribution is -0.122. The van der Waals surface area contributed by atoms with E-state index in [2.05, 4.69) is 22.7 Å². The molecular formula is C18H21N3O2. The third kappa shape index (κ3) is 4.78. The van der Waals surface area contributed by atoms with Gasteiger partial charge in [-0.1, -0.05) is 36.9 Å². The Labute approximate surface area is 136 Å². The Morgan fingerprint density at radius 3 is 2.30 bits per heavy atom. The van der Waals surface area contributed by atoms with Crippen molar-refractivity contribution in [3.8, 4) is 5.75 Å². The van der Waals surface area contributed by atoms with Gasteiger partial charge in [0, 0.05) is 5.69 Å². The van der Waals surface area contributed by atoms with Gasteiger partial charge in [0.25, 0.3) is 5.91 Å². The molecule has 0 saturated heterocycles. The number of rotatable bonds is 7. The molecule has 2 aromatic carbocycles. The molecule has 0 radical (unpaired) electrons. The maximum absolute atomic E-state index is 12.1. The summed E-state index contributed by atoms with van der Waals surface area (Å²) in [6, 6.07) is 16.6. The number of anilines is 1. The quantitative estimate of drug-likeness (QED) is 0.688. The van der Waals surface area contributed by atoms with E-state index in [4.69, 9.17) is 4.74 Å². The second-order valence-electron chi connectivity index (χ2n) is 5.05. The monoisotopic (exact) mass is 311 g/mol. The Kier molecular flexibility index (Phi) is 5.63. The molecule has 1 amide bonds. The summed E-state index contributed by atoms with van der Waals surface area (Å²) in [7, 11) is 1.61. The van der Waals surface area contributed by atoms with E-state index in [-0.39, 0.29) is 5.91 Å². The number of hydrazine groups is 1. The minimum atomic E-state index is -0.403.